The smallest absolute Gasteiger partial charge is 0.407 e. The second-order valence-corrected chi connectivity index (χ2v) is 6.59. The molecule has 2 aromatic rings. The van der Waals surface area contributed by atoms with Gasteiger partial charge in [0.25, 0.3) is 0 Å². The number of ether oxygens (including phenoxy) is 1. The summed E-state index contributed by atoms with van der Waals surface area (Å²) in [5, 5.41) is 5.94. The minimum Gasteiger partial charge on any atom is -0.444 e. The fraction of sp³-hybridized carbons (Fsp3) is 0.500. The maximum absolute atomic E-state index is 11.5. The second kappa shape index (κ2) is 6.95. The van der Waals surface area contributed by atoms with Crippen LogP contribution in [0.15, 0.2) is 23.2 Å². The Morgan fingerprint density at radius 1 is 1.41 bits per heavy atom. The van der Waals surface area contributed by atoms with Crippen LogP contribution in [-0.2, 0) is 4.74 Å². The van der Waals surface area contributed by atoms with Crippen LogP contribution in [0.4, 0.5) is 10.6 Å². The molecule has 0 spiro atoms. The van der Waals surface area contributed by atoms with Gasteiger partial charge in [-0.3, -0.25) is 0 Å². The molecule has 0 radical (unpaired) electrons. The molecule has 0 saturated heterocycles. The summed E-state index contributed by atoms with van der Waals surface area (Å²) in [5.41, 5.74) is 0.290. The molecule has 2 rings (SSSR count). The molecule has 1 amide bonds. The number of nitrogens with zero attached hydrogens (tertiary/aromatic N) is 3. The molecular formula is C14H20BrN5O2. The number of carbonyl (C=O) groups is 1. The van der Waals surface area contributed by atoms with Gasteiger partial charge in [-0.2, -0.15) is 0 Å². The molecule has 22 heavy (non-hydrogen) atoms. The Hall–Kier alpha value is -1.83. The van der Waals surface area contributed by atoms with Gasteiger partial charge >= 0.3 is 6.09 Å². The molecule has 2 N–H and O–H groups in total. The van der Waals surface area contributed by atoms with Gasteiger partial charge in [0, 0.05) is 31.7 Å². The Balaban J connectivity index is 1.77. The molecule has 0 bridgehead atoms. The number of halogens is 1. The predicted octanol–water partition coefficient (Wildman–Crippen LogP) is 2.82. The van der Waals surface area contributed by atoms with E-state index in [0.29, 0.717) is 18.9 Å². The van der Waals surface area contributed by atoms with Crippen LogP contribution in [0.2, 0.25) is 0 Å². The molecule has 120 valence electrons. The van der Waals surface area contributed by atoms with Gasteiger partial charge in [0.2, 0.25) is 0 Å². The number of amides is 1. The molecule has 0 unspecified atom stereocenters. The summed E-state index contributed by atoms with van der Waals surface area (Å²) in [7, 11) is 0. The van der Waals surface area contributed by atoms with Crippen molar-refractivity contribution in [2.24, 2.45) is 0 Å². The number of fused-ring (bicyclic) bond motifs is 1. The van der Waals surface area contributed by atoms with Gasteiger partial charge in [-0.1, -0.05) is 0 Å². The fourth-order valence-corrected chi connectivity index (χ4v) is 2.22. The third-order valence-electron chi connectivity index (χ3n) is 2.66. The normalized spacial score (nSPS) is 11.5. The van der Waals surface area contributed by atoms with Gasteiger partial charge in [-0.25, -0.2) is 14.8 Å². The molecular weight excluding hydrogens is 350 g/mol. The van der Waals surface area contributed by atoms with Crippen LogP contribution in [0.3, 0.4) is 0 Å². The summed E-state index contributed by atoms with van der Waals surface area (Å²) >= 11 is 3.36. The van der Waals surface area contributed by atoms with Crippen LogP contribution in [0.1, 0.15) is 27.2 Å². The number of nitrogens with one attached hydrogen (secondary N) is 2. The van der Waals surface area contributed by atoms with E-state index in [1.54, 1.807) is 6.20 Å². The lowest BCUT2D eigenvalue weighted by atomic mass is 10.2. The quantitative estimate of drug-likeness (QED) is 0.792. The zero-order valence-electron chi connectivity index (χ0n) is 12.9. The molecule has 0 saturated carbocycles. The number of alkyl carbamates (subject to hydrolysis) is 1. The first-order chi connectivity index (χ1) is 10.3. The first kappa shape index (κ1) is 16.5. The van der Waals surface area contributed by atoms with Gasteiger partial charge < -0.3 is 19.8 Å². The molecule has 0 aliphatic rings. The van der Waals surface area contributed by atoms with Crippen LogP contribution >= 0.6 is 15.9 Å². The van der Waals surface area contributed by atoms with Crippen molar-refractivity contribution < 1.29 is 9.53 Å². The SMILES string of the molecule is CC(C)(C)OC(=O)NCCCNc1nc(Br)cn2ccnc12. The lowest BCUT2D eigenvalue weighted by Crippen LogP contribution is -2.33. The molecule has 0 fully saturated rings. The van der Waals surface area contributed by atoms with Gasteiger partial charge in [-0.05, 0) is 43.1 Å². The Bertz CT molecular complexity index is 650. The number of hydrogen-bond acceptors (Lipinski definition) is 5. The lowest BCUT2D eigenvalue weighted by molar-refractivity contribution is 0.0528. The van der Waals surface area contributed by atoms with Crippen molar-refractivity contribution in [2.45, 2.75) is 32.8 Å². The van der Waals surface area contributed by atoms with Crippen molar-refractivity contribution in [1.82, 2.24) is 19.7 Å². The summed E-state index contributed by atoms with van der Waals surface area (Å²) < 4.78 is 7.78. The van der Waals surface area contributed by atoms with Crippen LogP contribution < -0.4 is 10.6 Å². The number of imidazole rings is 1. The number of hydrogen-bond donors (Lipinski definition) is 2. The van der Waals surface area contributed by atoms with E-state index >= 15 is 0 Å². The van der Waals surface area contributed by atoms with Crippen molar-refractivity contribution in [3.05, 3.63) is 23.2 Å². The van der Waals surface area contributed by atoms with Gasteiger partial charge in [0.05, 0.1) is 0 Å². The van der Waals surface area contributed by atoms with Gasteiger partial charge in [0.15, 0.2) is 11.5 Å². The number of carbonyl (C=O) groups excluding carboxylic acids is 1. The number of rotatable bonds is 5. The van der Waals surface area contributed by atoms with E-state index in [4.69, 9.17) is 4.74 Å². The Kier molecular flexibility index (Phi) is 5.23. The predicted molar refractivity (Wildman–Crippen MR) is 88.0 cm³/mol. The average Bonchev–Trinajstić information content (AvgIpc) is 2.84. The molecule has 0 aliphatic carbocycles. The zero-order valence-corrected chi connectivity index (χ0v) is 14.5. The summed E-state index contributed by atoms with van der Waals surface area (Å²) in [5.74, 6) is 0.705. The van der Waals surface area contributed by atoms with E-state index in [2.05, 4.69) is 36.5 Å². The van der Waals surface area contributed by atoms with Crippen molar-refractivity contribution in [3.8, 4) is 0 Å². The molecule has 2 aromatic heterocycles. The van der Waals surface area contributed by atoms with E-state index in [1.165, 1.54) is 0 Å². The van der Waals surface area contributed by atoms with Crippen molar-refractivity contribution >= 4 is 33.5 Å². The van der Waals surface area contributed by atoms with E-state index in [1.807, 2.05) is 37.6 Å². The van der Waals surface area contributed by atoms with E-state index in [-0.39, 0.29) is 0 Å². The third kappa shape index (κ3) is 4.87. The first-order valence-electron chi connectivity index (χ1n) is 7.05. The van der Waals surface area contributed by atoms with E-state index < -0.39 is 11.7 Å². The first-order valence-corrected chi connectivity index (χ1v) is 7.84. The van der Waals surface area contributed by atoms with Gasteiger partial charge in [0.1, 0.15) is 10.2 Å². The van der Waals surface area contributed by atoms with Crippen LogP contribution in [-0.4, -0.2) is 39.2 Å². The lowest BCUT2D eigenvalue weighted by Gasteiger charge is -2.19. The van der Waals surface area contributed by atoms with Crippen LogP contribution in [0.5, 0.6) is 0 Å². The van der Waals surface area contributed by atoms with Crippen LogP contribution in [0.25, 0.3) is 5.65 Å². The highest BCUT2D eigenvalue weighted by Crippen LogP contribution is 2.16. The molecule has 7 nitrogen and oxygen atoms in total. The standard InChI is InChI=1S/C14H20BrN5O2/c1-14(2,3)22-13(21)18-6-4-5-16-11-12-17-7-8-20(12)9-10(15)19-11/h7-9H,4-6H2,1-3H3,(H,16,19)(H,18,21). The Morgan fingerprint density at radius 2 is 2.18 bits per heavy atom. The maximum Gasteiger partial charge on any atom is 0.407 e. The van der Waals surface area contributed by atoms with Crippen molar-refractivity contribution in [3.63, 3.8) is 0 Å². The summed E-state index contributed by atoms with van der Waals surface area (Å²) in [4.78, 5) is 20.1. The zero-order chi connectivity index (χ0) is 16.2. The largest absolute Gasteiger partial charge is 0.444 e. The van der Waals surface area contributed by atoms with Crippen molar-refractivity contribution in [2.75, 3.05) is 18.4 Å². The molecule has 0 atom stereocenters. The summed E-state index contributed by atoms with van der Waals surface area (Å²) in [6, 6.07) is 0. The monoisotopic (exact) mass is 369 g/mol. The Morgan fingerprint density at radius 3 is 2.91 bits per heavy atom. The van der Waals surface area contributed by atoms with Gasteiger partial charge in [-0.15, -0.1) is 0 Å². The minimum absolute atomic E-state index is 0.399. The molecule has 8 heteroatoms. The second-order valence-electron chi connectivity index (χ2n) is 5.78. The third-order valence-corrected chi connectivity index (χ3v) is 3.04. The van der Waals surface area contributed by atoms with E-state index in [0.717, 1.165) is 16.7 Å². The molecule has 2 heterocycles. The number of aromatic nitrogens is 3. The minimum atomic E-state index is -0.477. The van der Waals surface area contributed by atoms with Crippen LogP contribution in [0, 0.1) is 0 Å². The molecule has 0 aromatic carbocycles. The topological polar surface area (TPSA) is 80.5 Å². The highest BCUT2D eigenvalue weighted by molar-refractivity contribution is 9.10. The summed E-state index contributed by atoms with van der Waals surface area (Å²) in [6.07, 6.45) is 5.77. The Labute approximate surface area is 137 Å². The number of anilines is 1. The highest BCUT2D eigenvalue weighted by Gasteiger charge is 2.15. The average molecular weight is 370 g/mol. The fourth-order valence-electron chi connectivity index (χ4n) is 1.82. The highest BCUT2D eigenvalue weighted by atomic mass is 79.9. The van der Waals surface area contributed by atoms with E-state index in [9.17, 15) is 4.79 Å². The van der Waals surface area contributed by atoms with Crippen molar-refractivity contribution in [1.29, 1.82) is 0 Å². The maximum atomic E-state index is 11.5. The molecule has 0 aliphatic heterocycles. The summed E-state index contributed by atoms with van der Waals surface area (Å²) in [6.45, 7) is 6.71.